The summed E-state index contributed by atoms with van der Waals surface area (Å²) in [6, 6.07) is 17.4. The molecule has 40 heavy (non-hydrogen) atoms. The lowest BCUT2D eigenvalue weighted by atomic mass is 9.84. The van der Waals surface area contributed by atoms with E-state index < -0.39 is 15.6 Å². The Balaban J connectivity index is 1.55. The molecule has 3 aromatic rings. The molecule has 2 amide bonds. The number of likely N-dealkylation sites (tertiary alicyclic amines) is 1. The van der Waals surface area contributed by atoms with E-state index in [0.717, 1.165) is 16.3 Å². The molecule has 1 fully saturated rings. The van der Waals surface area contributed by atoms with Crippen LogP contribution < -0.4 is 15.4 Å². The van der Waals surface area contributed by atoms with Gasteiger partial charge in [-0.25, -0.2) is 13.1 Å². The van der Waals surface area contributed by atoms with E-state index in [1.54, 1.807) is 47.4 Å². The average Bonchev–Trinajstić information content (AvgIpc) is 3.12. The number of fused-ring (bicyclic) bond motifs is 1. The zero-order chi connectivity index (χ0) is 28.7. The number of carbonyl (C=O) groups is 2. The SMILES string of the molecule is CS(=O)(=O)NC1CCCN(C(=O)c2ccc(Br)cc2NC2(Cc3cccc(Cl)c3)C(=O)Nc3cc(Cl)ccc32)C1. The highest BCUT2D eigenvalue weighted by molar-refractivity contribution is 9.10. The molecular formula is C28H27BrCl2N4O4S. The molecule has 2 heterocycles. The summed E-state index contributed by atoms with van der Waals surface area (Å²) in [5.41, 5.74) is 1.65. The Labute approximate surface area is 251 Å². The predicted molar refractivity (Wildman–Crippen MR) is 162 cm³/mol. The number of hydrogen-bond donors (Lipinski definition) is 3. The molecule has 2 atom stereocenters. The van der Waals surface area contributed by atoms with Crippen LogP contribution in [-0.2, 0) is 26.8 Å². The Kier molecular flexibility index (Phi) is 8.18. The van der Waals surface area contributed by atoms with Gasteiger partial charge in [-0.3, -0.25) is 9.59 Å². The van der Waals surface area contributed by atoms with Crippen molar-refractivity contribution < 1.29 is 18.0 Å². The van der Waals surface area contributed by atoms with Crippen LogP contribution in [0.25, 0.3) is 0 Å². The number of sulfonamides is 1. The molecule has 0 bridgehead atoms. The molecule has 210 valence electrons. The molecule has 5 rings (SSSR count). The second-order valence-electron chi connectivity index (χ2n) is 10.2. The zero-order valence-electron chi connectivity index (χ0n) is 21.5. The van der Waals surface area contributed by atoms with Crippen LogP contribution in [0.15, 0.2) is 65.1 Å². The van der Waals surface area contributed by atoms with Gasteiger partial charge < -0.3 is 15.5 Å². The molecular weight excluding hydrogens is 639 g/mol. The fraction of sp³-hybridized carbons (Fsp3) is 0.286. The van der Waals surface area contributed by atoms with Gasteiger partial charge in [0.2, 0.25) is 10.0 Å². The van der Waals surface area contributed by atoms with Crippen molar-refractivity contribution in [3.8, 4) is 0 Å². The van der Waals surface area contributed by atoms with E-state index in [1.165, 1.54) is 0 Å². The molecule has 0 spiro atoms. The van der Waals surface area contributed by atoms with Gasteiger partial charge in [-0.2, -0.15) is 0 Å². The number of rotatable bonds is 7. The number of hydrogen-bond acceptors (Lipinski definition) is 5. The first-order chi connectivity index (χ1) is 18.9. The van der Waals surface area contributed by atoms with E-state index in [-0.39, 0.29) is 30.8 Å². The van der Waals surface area contributed by atoms with Crippen molar-refractivity contribution in [2.75, 3.05) is 30.0 Å². The van der Waals surface area contributed by atoms with Gasteiger partial charge in [0.1, 0.15) is 5.54 Å². The van der Waals surface area contributed by atoms with E-state index in [2.05, 4.69) is 31.3 Å². The van der Waals surface area contributed by atoms with Gasteiger partial charge in [-0.1, -0.05) is 57.3 Å². The Morgan fingerprint density at radius 2 is 1.90 bits per heavy atom. The Hall–Kier alpha value is -2.63. The lowest BCUT2D eigenvalue weighted by Gasteiger charge is -2.35. The topological polar surface area (TPSA) is 108 Å². The van der Waals surface area contributed by atoms with Gasteiger partial charge >= 0.3 is 0 Å². The van der Waals surface area contributed by atoms with Crippen LogP contribution in [0.3, 0.4) is 0 Å². The highest BCUT2D eigenvalue weighted by Crippen LogP contribution is 2.43. The van der Waals surface area contributed by atoms with Crippen LogP contribution in [0.1, 0.15) is 34.3 Å². The van der Waals surface area contributed by atoms with Crippen molar-refractivity contribution in [3.05, 3.63) is 91.9 Å². The third-order valence-electron chi connectivity index (χ3n) is 7.08. The average molecular weight is 666 g/mol. The summed E-state index contributed by atoms with van der Waals surface area (Å²) in [7, 11) is -3.42. The fourth-order valence-corrected chi connectivity index (χ4v) is 6.95. The Morgan fingerprint density at radius 3 is 2.65 bits per heavy atom. The lowest BCUT2D eigenvalue weighted by Crippen LogP contribution is -2.49. The van der Waals surface area contributed by atoms with Gasteiger partial charge in [0.05, 0.1) is 11.8 Å². The number of piperidine rings is 1. The van der Waals surface area contributed by atoms with Gasteiger partial charge in [-0.15, -0.1) is 0 Å². The van der Waals surface area contributed by atoms with Gasteiger partial charge in [0, 0.05) is 57.0 Å². The van der Waals surface area contributed by atoms with E-state index in [0.29, 0.717) is 51.9 Å². The van der Waals surface area contributed by atoms with E-state index >= 15 is 0 Å². The summed E-state index contributed by atoms with van der Waals surface area (Å²) in [4.78, 5) is 29.3. The quantitative estimate of drug-likeness (QED) is 0.313. The minimum absolute atomic E-state index is 0.247. The molecule has 3 aromatic carbocycles. The van der Waals surface area contributed by atoms with Gasteiger partial charge in [0.15, 0.2) is 0 Å². The smallest absolute Gasteiger partial charge is 0.256 e. The van der Waals surface area contributed by atoms with Crippen LogP contribution in [0.2, 0.25) is 10.0 Å². The first-order valence-corrected chi connectivity index (χ1v) is 16.1. The molecule has 2 unspecified atom stereocenters. The molecule has 0 aliphatic carbocycles. The number of anilines is 2. The molecule has 0 aromatic heterocycles. The van der Waals surface area contributed by atoms with Crippen LogP contribution in [0.4, 0.5) is 11.4 Å². The highest BCUT2D eigenvalue weighted by Gasteiger charge is 2.47. The van der Waals surface area contributed by atoms with E-state index in [1.807, 2.05) is 18.2 Å². The molecule has 0 radical (unpaired) electrons. The molecule has 2 aliphatic rings. The van der Waals surface area contributed by atoms with Gasteiger partial charge in [-0.05, 0) is 60.9 Å². The molecule has 0 saturated carbocycles. The van der Waals surface area contributed by atoms with Crippen molar-refractivity contribution in [2.24, 2.45) is 0 Å². The summed E-state index contributed by atoms with van der Waals surface area (Å²) in [5, 5.41) is 7.42. The van der Waals surface area contributed by atoms with Crippen LogP contribution >= 0.6 is 39.1 Å². The van der Waals surface area contributed by atoms with Crippen molar-refractivity contribution in [1.29, 1.82) is 0 Å². The molecule has 12 heteroatoms. The van der Waals surface area contributed by atoms with E-state index in [4.69, 9.17) is 23.2 Å². The Morgan fingerprint density at radius 1 is 1.12 bits per heavy atom. The standard InChI is InChI=1S/C28H27BrCl2N4O4S/c1-40(38,39)34-21-6-3-11-35(16-21)26(36)22-9-7-18(29)13-24(22)33-28(15-17-4-2-5-19(30)12-17)23-10-8-20(31)14-25(23)32-27(28)37/h2,4-5,7-10,12-14,21,33-34H,3,6,11,15-16H2,1H3,(H,32,37). The molecule has 2 aliphatic heterocycles. The summed E-state index contributed by atoms with van der Waals surface area (Å²) >= 11 is 16.0. The molecule has 3 N–H and O–H groups in total. The fourth-order valence-electron chi connectivity index (χ4n) is 5.41. The molecule has 8 nitrogen and oxygen atoms in total. The summed E-state index contributed by atoms with van der Waals surface area (Å²) in [6.45, 7) is 0.739. The summed E-state index contributed by atoms with van der Waals surface area (Å²) in [5.74, 6) is -0.554. The third-order valence-corrected chi connectivity index (χ3v) is 8.81. The maximum absolute atomic E-state index is 13.9. The van der Waals surface area contributed by atoms with Gasteiger partial charge in [0.25, 0.3) is 11.8 Å². The maximum Gasteiger partial charge on any atom is 0.256 e. The lowest BCUT2D eigenvalue weighted by molar-refractivity contribution is -0.119. The van der Waals surface area contributed by atoms with Crippen molar-refractivity contribution in [2.45, 2.75) is 30.8 Å². The normalized spacial score (nSPS) is 20.6. The number of nitrogens with one attached hydrogen (secondary N) is 3. The predicted octanol–water partition coefficient (Wildman–Crippen LogP) is 5.41. The minimum Gasteiger partial charge on any atom is -0.367 e. The first kappa shape index (κ1) is 28.9. The van der Waals surface area contributed by atoms with Crippen LogP contribution in [-0.4, -0.2) is 50.5 Å². The second kappa shape index (κ2) is 11.3. The number of carbonyl (C=O) groups excluding carboxylic acids is 2. The van der Waals surface area contributed by atoms with Crippen LogP contribution in [0, 0.1) is 0 Å². The van der Waals surface area contributed by atoms with Crippen molar-refractivity contribution >= 4 is 72.3 Å². The number of halogens is 3. The summed E-state index contributed by atoms with van der Waals surface area (Å²) in [6.07, 6.45) is 2.66. The van der Waals surface area contributed by atoms with Crippen molar-refractivity contribution in [3.63, 3.8) is 0 Å². The molecule has 1 saturated heterocycles. The summed E-state index contributed by atoms with van der Waals surface area (Å²) < 4.78 is 26.9. The number of benzene rings is 3. The first-order valence-electron chi connectivity index (χ1n) is 12.6. The largest absolute Gasteiger partial charge is 0.367 e. The number of nitrogens with zero attached hydrogens (tertiary/aromatic N) is 1. The second-order valence-corrected chi connectivity index (χ2v) is 13.7. The maximum atomic E-state index is 13.9. The zero-order valence-corrected chi connectivity index (χ0v) is 25.4. The van der Waals surface area contributed by atoms with E-state index in [9.17, 15) is 18.0 Å². The minimum atomic E-state index is -3.42. The van der Waals surface area contributed by atoms with Crippen LogP contribution in [0.5, 0.6) is 0 Å². The van der Waals surface area contributed by atoms with Crippen molar-refractivity contribution in [1.82, 2.24) is 9.62 Å². The third kappa shape index (κ3) is 6.16. The Bertz CT molecular complexity index is 1600. The number of amides is 2. The monoisotopic (exact) mass is 664 g/mol. The highest BCUT2D eigenvalue weighted by atomic mass is 79.9.